The van der Waals surface area contributed by atoms with Crippen LogP contribution in [0.25, 0.3) is 11.0 Å². The van der Waals surface area contributed by atoms with Crippen molar-refractivity contribution in [3.63, 3.8) is 0 Å². The Balaban J connectivity index is 0.000000845. The maximum atomic E-state index is 13.0. The zero-order valence-electron chi connectivity index (χ0n) is 6.77. The predicted molar refractivity (Wildman–Crippen MR) is 55.7 cm³/mol. The molecule has 5 heteroatoms. The van der Waals surface area contributed by atoms with Crippen LogP contribution in [0.15, 0.2) is 16.6 Å². The first-order valence-electron chi connectivity index (χ1n) is 3.48. The number of fused-ring (bicyclic) bond motifs is 1. The minimum absolute atomic E-state index is 0. The van der Waals surface area contributed by atoms with Gasteiger partial charge in [0.15, 0.2) is 0 Å². The number of halogens is 3. The third-order valence-electron chi connectivity index (χ3n) is 1.64. The van der Waals surface area contributed by atoms with Crippen LogP contribution in [0, 0.1) is 12.7 Å². The maximum Gasteiger partial charge on any atom is 0.139 e. The number of nitrogens with zero attached hydrogens (tertiary/aromatic N) is 1. The summed E-state index contributed by atoms with van der Waals surface area (Å²) in [5.41, 5.74) is 1.51. The topological polar surface area (TPSA) is 28.7 Å². The summed E-state index contributed by atoms with van der Waals surface area (Å²) >= 11 is 3.10. The number of imidazole rings is 1. The lowest BCUT2D eigenvalue weighted by molar-refractivity contribution is 0.623. The van der Waals surface area contributed by atoms with E-state index in [-0.39, 0.29) is 18.2 Å². The Bertz CT molecular complexity index is 402. The molecule has 13 heavy (non-hydrogen) atoms. The highest BCUT2D eigenvalue weighted by molar-refractivity contribution is 9.10. The first kappa shape index (κ1) is 10.5. The molecule has 0 aliphatic heterocycles. The van der Waals surface area contributed by atoms with E-state index in [1.54, 1.807) is 6.07 Å². The molecule has 1 heterocycles. The zero-order chi connectivity index (χ0) is 8.72. The van der Waals surface area contributed by atoms with Crippen LogP contribution in [0.4, 0.5) is 4.39 Å². The van der Waals surface area contributed by atoms with Gasteiger partial charge in [0, 0.05) is 6.07 Å². The van der Waals surface area contributed by atoms with E-state index in [1.165, 1.54) is 6.07 Å². The molecule has 70 valence electrons. The molecule has 0 saturated heterocycles. The van der Waals surface area contributed by atoms with Crippen LogP contribution in [0.1, 0.15) is 5.82 Å². The minimum atomic E-state index is -0.272. The highest BCUT2D eigenvalue weighted by Crippen LogP contribution is 2.21. The van der Waals surface area contributed by atoms with Crippen molar-refractivity contribution in [2.24, 2.45) is 0 Å². The fourth-order valence-corrected chi connectivity index (χ4v) is 1.46. The van der Waals surface area contributed by atoms with Crippen molar-refractivity contribution in [1.82, 2.24) is 9.97 Å². The molecule has 2 nitrogen and oxygen atoms in total. The Kier molecular flexibility index (Phi) is 2.93. The SMILES string of the molecule is Cc1nc2cc(Br)c(F)cc2[nH]1.Cl. The van der Waals surface area contributed by atoms with Crippen molar-refractivity contribution < 1.29 is 4.39 Å². The molecule has 0 amide bonds. The second-order valence-electron chi connectivity index (χ2n) is 2.61. The molecule has 0 spiro atoms. The highest BCUT2D eigenvalue weighted by atomic mass is 79.9. The van der Waals surface area contributed by atoms with Crippen LogP contribution >= 0.6 is 28.3 Å². The van der Waals surface area contributed by atoms with Crippen LogP contribution < -0.4 is 0 Å². The first-order valence-corrected chi connectivity index (χ1v) is 4.27. The Morgan fingerprint density at radius 1 is 1.46 bits per heavy atom. The van der Waals surface area contributed by atoms with Gasteiger partial charge < -0.3 is 4.98 Å². The number of rotatable bonds is 0. The van der Waals surface area contributed by atoms with Crippen LogP contribution in [-0.2, 0) is 0 Å². The van der Waals surface area contributed by atoms with Crippen molar-refractivity contribution in [1.29, 1.82) is 0 Å². The van der Waals surface area contributed by atoms with E-state index in [0.717, 1.165) is 16.9 Å². The van der Waals surface area contributed by atoms with E-state index in [4.69, 9.17) is 0 Å². The van der Waals surface area contributed by atoms with Crippen molar-refractivity contribution in [2.45, 2.75) is 6.92 Å². The van der Waals surface area contributed by atoms with Gasteiger partial charge in [0.05, 0.1) is 15.5 Å². The monoisotopic (exact) mass is 264 g/mol. The lowest BCUT2D eigenvalue weighted by Crippen LogP contribution is -1.77. The van der Waals surface area contributed by atoms with Gasteiger partial charge in [-0.15, -0.1) is 12.4 Å². The number of aromatic nitrogens is 2. The maximum absolute atomic E-state index is 13.0. The standard InChI is InChI=1S/C8H6BrFN2.ClH/c1-4-11-7-2-5(9)6(10)3-8(7)12-4;/h2-3H,1H3,(H,11,12);1H. The average Bonchev–Trinajstić information content (AvgIpc) is 2.30. The molecular formula is C8H7BrClFN2. The van der Waals surface area contributed by atoms with Gasteiger partial charge in [0.1, 0.15) is 11.6 Å². The summed E-state index contributed by atoms with van der Waals surface area (Å²) in [6, 6.07) is 3.09. The van der Waals surface area contributed by atoms with Gasteiger partial charge in [-0.25, -0.2) is 9.37 Å². The molecule has 0 atom stereocenters. The number of H-pyrrole nitrogens is 1. The third kappa shape index (κ3) is 1.84. The smallest absolute Gasteiger partial charge is 0.139 e. The second kappa shape index (κ2) is 3.64. The predicted octanol–water partition coefficient (Wildman–Crippen LogP) is 3.19. The van der Waals surface area contributed by atoms with E-state index >= 15 is 0 Å². The lowest BCUT2D eigenvalue weighted by Gasteiger charge is -1.92. The lowest BCUT2D eigenvalue weighted by atomic mass is 10.3. The number of benzene rings is 1. The molecular weight excluding hydrogens is 258 g/mol. The largest absolute Gasteiger partial charge is 0.342 e. The summed E-state index contributed by atoms with van der Waals surface area (Å²) in [6.07, 6.45) is 0. The van der Waals surface area contributed by atoms with E-state index in [2.05, 4.69) is 25.9 Å². The summed E-state index contributed by atoms with van der Waals surface area (Å²) < 4.78 is 13.4. The van der Waals surface area contributed by atoms with Crippen molar-refractivity contribution >= 4 is 39.4 Å². The van der Waals surface area contributed by atoms with Gasteiger partial charge in [-0.2, -0.15) is 0 Å². The fraction of sp³-hybridized carbons (Fsp3) is 0.125. The molecule has 0 aliphatic carbocycles. The van der Waals surface area contributed by atoms with Crippen LogP contribution in [-0.4, -0.2) is 9.97 Å². The molecule has 0 aliphatic rings. The Labute approximate surface area is 89.1 Å². The number of nitrogens with one attached hydrogen (secondary N) is 1. The normalized spacial score (nSPS) is 10.1. The summed E-state index contributed by atoms with van der Waals surface area (Å²) in [5, 5.41) is 0. The number of aromatic amines is 1. The van der Waals surface area contributed by atoms with Gasteiger partial charge in [0.2, 0.25) is 0 Å². The third-order valence-corrected chi connectivity index (χ3v) is 2.25. The molecule has 1 N–H and O–H groups in total. The quantitative estimate of drug-likeness (QED) is 0.778. The summed E-state index contributed by atoms with van der Waals surface area (Å²) in [4.78, 5) is 7.12. The molecule has 1 aromatic heterocycles. The molecule has 0 bridgehead atoms. The van der Waals surface area contributed by atoms with Gasteiger partial charge in [-0.3, -0.25) is 0 Å². The molecule has 0 fully saturated rings. The Hall–Kier alpha value is -0.610. The summed E-state index contributed by atoms with van der Waals surface area (Å²) in [6.45, 7) is 1.84. The Morgan fingerprint density at radius 3 is 2.85 bits per heavy atom. The van der Waals surface area contributed by atoms with Crippen LogP contribution in [0.5, 0.6) is 0 Å². The molecule has 2 aromatic rings. The summed E-state index contributed by atoms with van der Waals surface area (Å²) in [5.74, 6) is 0.522. The number of hydrogen-bond acceptors (Lipinski definition) is 1. The number of aryl methyl sites for hydroxylation is 1. The molecule has 0 radical (unpaired) electrons. The average molecular weight is 266 g/mol. The summed E-state index contributed by atoms with van der Waals surface area (Å²) in [7, 11) is 0. The highest BCUT2D eigenvalue weighted by Gasteiger charge is 2.04. The van der Waals surface area contributed by atoms with Gasteiger partial charge in [0.25, 0.3) is 0 Å². The first-order chi connectivity index (χ1) is 5.66. The van der Waals surface area contributed by atoms with E-state index in [0.29, 0.717) is 4.47 Å². The van der Waals surface area contributed by atoms with Crippen LogP contribution in [0.2, 0.25) is 0 Å². The minimum Gasteiger partial charge on any atom is -0.342 e. The molecule has 1 aromatic carbocycles. The van der Waals surface area contributed by atoms with Crippen molar-refractivity contribution in [3.8, 4) is 0 Å². The van der Waals surface area contributed by atoms with Gasteiger partial charge >= 0.3 is 0 Å². The van der Waals surface area contributed by atoms with Gasteiger partial charge in [-0.1, -0.05) is 0 Å². The molecule has 2 rings (SSSR count). The molecule has 0 saturated carbocycles. The Morgan fingerprint density at radius 2 is 2.15 bits per heavy atom. The van der Waals surface area contributed by atoms with E-state index < -0.39 is 0 Å². The van der Waals surface area contributed by atoms with Crippen molar-refractivity contribution in [2.75, 3.05) is 0 Å². The van der Waals surface area contributed by atoms with Crippen molar-refractivity contribution in [3.05, 3.63) is 28.2 Å². The van der Waals surface area contributed by atoms with Gasteiger partial charge in [-0.05, 0) is 28.9 Å². The van der Waals surface area contributed by atoms with Crippen LogP contribution in [0.3, 0.4) is 0 Å². The fourth-order valence-electron chi connectivity index (χ4n) is 1.13. The van der Waals surface area contributed by atoms with E-state index in [9.17, 15) is 4.39 Å². The molecule has 0 unspecified atom stereocenters. The zero-order valence-corrected chi connectivity index (χ0v) is 9.17. The second-order valence-corrected chi connectivity index (χ2v) is 3.46. The number of hydrogen-bond donors (Lipinski definition) is 1. The van der Waals surface area contributed by atoms with E-state index in [1.807, 2.05) is 6.92 Å².